The third kappa shape index (κ3) is 1.19. The lowest BCUT2D eigenvalue weighted by Gasteiger charge is -2.44. The molecule has 3 fully saturated rings. The molecule has 3 heterocycles. The van der Waals surface area contributed by atoms with E-state index in [1.807, 2.05) is 0 Å². The number of piperidine rings is 3. The summed E-state index contributed by atoms with van der Waals surface area (Å²) in [5.41, 5.74) is 0. The molecule has 0 spiro atoms. The van der Waals surface area contributed by atoms with Crippen molar-refractivity contribution in [2.24, 2.45) is 5.92 Å². The highest BCUT2D eigenvalue weighted by Gasteiger charge is 2.32. The van der Waals surface area contributed by atoms with Crippen LogP contribution in [0.2, 0.25) is 0 Å². The van der Waals surface area contributed by atoms with Crippen molar-refractivity contribution >= 4 is 22.9 Å². The molecule has 0 saturated carbocycles. The molecule has 2 nitrogen and oxygen atoms in total. The standard InChI is InChI=1S/C7H13IN2/c8-9-7-5-6-1-3-10(7)4-2-6/h6-7,9H,1-5H2. The molecule has 3 aliphatic rings. The van der Waals surface area contributed by atoms with Crippen molar-refractivity contribution in [2.45, 2.75) is 25.4 Å². The van der Waals surface area contributed by atoms with Crippen LogP contribution in [0.3, 0.4) is 0 Å². The number of halogens is 1. The van der Waals surface area contributed by atoms with Gasteiger partial charge in [0.25, 0.3) is 0 Å². The summed E-state index contributed by atoms with van der Waals surface area (Å²) >= 11 is 2.27. The molecule has 0 amide bonds. The lowest BCUT2D eigenvalue weighted by molar-refractivity contribution is 0.0479. The maximum atomic E-state index is 3.33. The smallest absolute Gasteiger partial charge is 0.0687 e. The number of rotatable bonds is 1. The Labute approximate surface area is 75.8 Å². The van der Waals surface area contributed by atoms with E-state index in [-0.39, 0.29) is 0 Å². The Balaban J connectivity index is 2.01. The summed E-state index contributed by atoms with van der Waals surface area (Å²) in [6.45, 7) is 2.65. The van der Waals surface area contributed by atoms with Gasteiger partial charge in [0, 0.05) is 22.9 Å². The van der Waals surface area contributed by atoms with Crippen molar-refractivity contribution in [1.29, 1.82) is 0 Å². The van der Waals surface area contributed by atoms with Crippen LogP contribution in [-0.4, -0.2) is 24.2 Å². The van der Waals surface area contributed by atoms with Gasteiger partial charge in [-0.2, -0.15) is 0 Å². The first kappa shape index (κ1) is 7.31. The van der Waals surface area contributed by atoms with E-state index in [9.17, 15) is 0 Å². The fourth-order valence-electron chi connectivity index (χ4n) is 2.08. The maximum Gasteiger partial charge on any atom is 0.0687 e. The molecule has 0 aromatic rings. The number of nitrogens with one attached hydrogen (secondary N) is 1. The molecule has 2 bridgehead atoms. The van der Waals surface area contributed by atoms with Gasteiger partial charge in [-0.3, -0.25) is 4.90 Å². The first-order valence-corrected chi connectivity index (χ1v) is 5.08. The second kappa shape index (κ2) is 2.95. The largest absolute Gasteiger partial charge is 0.287 e. The molecule has 0 aromatic carbocycles. The van der Waals surface area contributed by atoms with Crippen molar-refractivity contribution in [1.82, 2.24) is 8.43 Å². The topological polar surface area (TPSA) is 15.3 Å². The summed E-state index contributed by atoms with van der Waals surface area (Å²) < 4.78 is 3.33. The van der Waals surface area contributed by atoms with Crippen LogP contribution in [0.5, 0.6) is 0 Å². The predicted molar refractivity (Wildman–Crippen MR) is 49.9 cm³/mol. The zero-order chi connectivity index (χ0) is 6.97. The third-order valence-electron chi connectivity index (χ3n) is 2.77. The molecule has 0 aliphatic carbocycles. The second-order valence-electron chi connectivity index (χ2n) is 3.34. The first-order chi connectivity index (χ1) is 4.90. The average molecular weight is 252 g/mol. The van der Waals surface area contributed by atoms with Crippen molar-refractivity contribution < 1.29 is 0 Å². The van der Waals surface area contributed by atoms with Crippen LogP contribution < -0.4 is 3.53 Å². The molecule has 58 valence electrons. The van der Waals surface area contributed by atoms with Gasteiger partial charge in [0.05, 0.1) is 6.17 Å². The average Bonchev–Trinajstić information content (AvgIpc) is 2.06. The van der Waals surface area contributed by atoms with Crippen molar-refractivity contribution in [3.8, 4) is 0 Å². The quantitative estimate of drug-likeness (QED) is 0.560. The predicted octanol–water partition coefficient (Wildman–Crippen LogP) is 1.37. The summed E-state index contributed by atoms with van der Waals surface area (Å²) in [4.78, 5) is 2.56. The lowest BCUT2D eigenvalue weighted by atomic mass is 9.87. The monoisotopic (exact) mass is 252 g/mol. The minimum atomic E-state index is 0.688. The SMILES string of the molecule is INC1CC2CCN1CC2. The Hall–Kier alpha value is 0.650. The molecule has 0 radical (unpaired) electrons. The van der Waals surface area contributed by atoms with E-state index in [0.29, 0.717) is 6.17 Å². The first-order valence-electron chi connectivity index (χ1n) is 4.00. The van der Waals surface area contributed by atoms with Crippen LogP contribution in [0.1, 0.15) is 19.3 Å². The van der Waals surface area contributed by atoms with Crippen LogP contribution in [0, 0.1) is 5.92 Å². The molecule has 3 rings (SSSR count). The van der Waals surface area contributed by atoms with Gasteiger partial charge in [0.2, 0.25) is 0 Å². The minimum absolute atomic E-state index is 0.688. The Morgan fingerprint density at radius 3 is 2.30 bits per heavy atom. The summed E-state index contributed by atoms with van der Waals surface area (Å²) in [5.74, 6) is 1.03. The fraction of sp³-hybridized carbons (Fsp3) is 1.00. The van der Waals surface area contributed by atoms with Gasteiger partial charge in [-0.15, -0.1) is 0 Å². The van der Waals surface area contributed by atoms with Gasteiger partial charge in [0.15, 0.2) is 0 Å². The van der Waals surface area contributed by atoms with Gasteiger partial charge in [-0.05, 0) is 38.3 Å². The summed E-state index contributed by atoms with van der Waals surface area (Å²) in [5, 5.41) is 0. The highest BCUT2D eigenvalue weighted by Crippen LogP contribution is 2.30. The van der Waals surface area contributed by atoms with E-state index in [2.05, 4.69) is 31.3 Å². The van der Waals surface area contributed by atoms with Crippen molar-refractivity contribution in [2.75, 3.05) is 13.1 Å². The van der Waals surface area contributed by atoms with Gasteiger partial charge in [-0.25, -0.2) is 3.53 Å². The maximum absolute atomic E-state index is 3.33. The molecule has 3 aliphatic heterocycles. The normalized spacial score (nSPS) is 45.9. The minimum Gasteiger partial charge on any atom is -0.287 e. The van der Waals surface area contributed by atoms with Crippen LogP contribution in [-0.2, 0) is 0 Å². The van der Waals surface area contributed by atoms with Gasteiger partial charge in [0.1, 0.15) is 0 Å². The Bertz CT molecular complexity index is 121. The van der Waals surface area contributed by atoms with Crippen LogP contribution in [0.4, 0.5) is 0 Å². The second-order valence-corrected chi connectivity index (χ2v) is 3.96. The molecule has 1 atom stereocenters. The number of fused-ring (bicyclic) bond motifs is 3. The van der Waals surface area contributed by atoms with E-state index in [1.165, 1.54) is 32.4 Å². The molecule has 10 heavy (non-hydrogen) atoms. The van der Waals surface area contributed by atoms with Crippen LogP contribution >= 0.6 is 22.9 Å². The highest BCUT2D eigenvalue weighted by atomic mass is 127. The van der Waals surface area contributed by atoms with Crippen molar-refractivity contribution in [3.05, 3.63) is 0 Å². The Morgan fingerprint density at radius 1 is 1.30 bits per heavy atom. The zero-order valence-electron chi connectivity index (χ0n) is 6.02. The van der Waals surface area contributed by atoms with Gasteiger partial charge >= 0.3 is 0 Å². The molecule has 1 N–H and O–H groups in total. The molecular formula is C7H13IN2. The number of nitrogens with zero attached hydrogens (tertiary/aromatic N) is 1. The molecule has 3 saturated heterocycles. The Morgan fingerprint density at radius 2 is 2.00 bits per heavy atom. The summed E-state index contributed by atoms with van der Waals surface area (Å²) in [7, 11) is 0. The van der Waals surface area contributed by atoms with E-state index < -0.39 is 0 Å². The van der Waals surface area contributed by atoms with E-state index in [1.54, 1.807) is 0 Å². The van der Waals surface area contributed by atoms with Crippen molar-refractivity contribution in [3.63, 3.8) is 0 Å². The number of hydrogen-bond donors (Lipinski definition) is 1. The lowest BCUT2D eigenvalue weighted by Crippen LogP contribution is -2.52. The Kier molecular flexibility index (Phi) is 2.15. The van der Waals surface area contributed by atoms with Crippen LogP contribution in [0.25, 0.3) is 0 Å². The number of hydrogen-bond acceptors (Lipinski definition) is 2. The van der Waals surface area contributed by atoms with E-state index in [4.69, 9.17) is 0 Å². The zero-order valence-corrected chi connectivity index (χ0v) is 8.17. The van der Waals surface area contributed by atoms with Crippen LogP contribution in [0.15, 0.2) is 0 Å². The van der Waals surface area contributed by atoms with E-state index in [0.717, 1.165) is 5.92 Å². The molecule has 1 unspecified atom stereocenters. The summed E-state index contributed by atoms with van der Waals surface area (Å²) in [6, 6.07) is 0. The molecule has 0 aromatic heterocycles. The fourth-order valence-corrected chi connectivity index (χ4v) is 2.73. The van der Waals surface area contributed by atoms with Gasteiger partial charge in [-0.1, -0.05) is 0 Å². The summed E-state index contributed by atoms with van der Waals surface area (Å²) in [6.07, 6.45) is 4.94. The molecule has 3 heteroatoms. The van der Waals surface area contributed by atoms with Gasteiger partial charge < -0.3 is 0 Å². The molecular weight excluding hydrogens is 239 g/mol. The highest BCUT2D eigenvalue weighted by molar-refractivity contribution is 14.1. The van der Waals surface area contributed by atoms with E-state index >= 15 is 0 Å². The third-order valence-corrected chi connectivity index (χ3v) is 3.49.